The topological polar surface area (TPSA) is 0 Å². The number of hydrogen-bond acceptors (Lipinski definition) is 0. The second-order valence-electron chi connectivity index (χ2n) is 4.32. The lowest BCUT2D eigenvalue weighted by Gasteiger charge is -2.10. The minimum atomic E-state index is 1.25. The second-order valence-corrected chi connectivity index (χ2v) is 5.28. The van der Waals surface area contributed by atoms with E-state index in [2.05, 4.69) is 36.7 Å². The Morgan fingerprint density at radius 3 is 1.53 bits per heavy atom. The molecule has 0 saturated heterocycles. The van der Waals surface area contributed by atoms with Crippen LogP contribution in [-0.2, 0) is 0 Å². The van der Waals surface area contributed by atoms with Crippen molar-refractivity contribution in [3.63, 3.8) is 0 Å². The Bertz CT molecular complexity index is 160. The molecule has 0 aliphatic carbocycles. The molecule has 0 aliphatic rings. The molecule has 0 amide bonds. The van der Waals surface area contributed by atoms with Crippen molar-refractivity contribution in [2.24, 2.45) is 0 Å². The zero-order valence-electron chi connectivity index (χ0n) is 10.7. The third-order valence-corrected chi connectivity index (χ3v) is 3.75. The van der Waals surface area contributed by atoms with Gasteiger partial charge >= 0.3 is 0 Å². The first-order chi connectivity index (χ1) is 7.26. The minimum Gasteiger partial charge on any atom is -0.0654 e. The molecule has 0 nitrogen and oxygen atoms in total. The van der Waals surface area contributed by atoms with Crippen molar-refractivity contribution in [2.45, 2.75) is 78.6 Å². The van der Waals surface area contributed by atoms with Crippen LogP contribution in [0.2, 0.25) is 0 Å². The predicted molar refractivity (Wildman–Crippen MR) is 74.5 cm³/mol. The van der Waals surface area contributed by atoms with Gasteiger partial charge in [0.15, 0.2) is 0 Å². The summed E-state index contributed by atoms with van der Waals surface area (Å²) in [5.74, 6) is 0. The van der Waals surface area contributed by atoms with Gasteiger partial charge in [0.25, 0.3) is 0 Å². The van der Waals surface area contributed by atoms with Crippen LogP contribution in [0, 0.1) is 0 Å². The number of unbranched alkanes of at least 4 members (excludes halogenated alkanes) is 3. The number of halogens is 1. The van der Waals surface area contributed by atoms with E-state index >= 15 is 0 Å². The molecule has 90 valence electrons. The average Bonchev–Trinajstić information content (AvgIpc) is 2.26. The van der Waals surface area contributed by atoms with Crippen molar-refractivity contribution in [1.29, 1.82) is 0 Å². The summed E-state index contributed by atoms with van der Waals surface area (Å²) in [5.41, 5.74) is 1.69. The van der Waals surface area contributed by atoms with Crippen molar-refractivity contribution in [3.8, 4) is 0 Å². The third kappa shape index (κ3) is 8.07. The van der Waals surface area contributed by atoms with Crippen molar-refractivity contribution in [2.75, 3.05) is 0 Å². The Labute approximate surface area is 105 Å². The number of allylic oxidation sites excluding steroid dienone is 2. The Balaban J connectivity index is 4.14. The zero-order chi connectivity index (χ0) is 11.5. The van der Waals surface area contributed by atoms with E-state index in [0.29, 0.717) is 0 Å². The first kappa shape index (κ1) is 15.2. The fourth-order valence-electron chi connectivity index (χ4n) is 1.69. The largest absolute Gasteiger partial charge is 0.0654 e. The molecule has 15 heavy (non-hydrogen) atoms. The zero-order valence-corrected chi connectivity index (χ0v) is 12.3. The van der Waals surface area contributed by atoms with Gasteiger partial charge in [-0.25, -0.2) is 0 Å². The molecule has 0 heterocycles. The molecule has 0 saturated carbocycles. The van der Waals surface area contributed by atoms with Gasteiger partial charge < -0.3 is 0 Å². The SMILES string of the molecule is CCCCC(Br)=C(CCCC)CCCC. The summed E-state index contributed by atoms with van der Waals surface area (Å²) in [7, 11) is 0. The van der Waals surface area contributed by atoms with Crippen LogP contribution in [0.4, 0.5) is 0 Å². The van der Waals surface area contributed by atoms with E-state index in [1.165, 1.54) is 62.3 Å². The molecule has 0 unspecified atom stereocenters. The maximum Gasteiger partial charge on any atom is -0.00573 e. The standard InChI is InChI=1S/C14H27Br/c1-4-7-10-13(11-8-5-2)14(15)12-9-6-3/h4-12H2,1-3H3. The fraction of sp³-hybridized carbons (Fsp3) is 0.857. The monoisotopic (exact) mass is 274 g/mol. The van der Waals surface area contributed by atoms with Crippen LogP contribution in [0.25, 0.3) is 0 Å². The highest BCUT2D eigenvalue weighted by Crippen LogP contribution is 2.26. The molecule has 0 aromatic carbocycles. The van der Waals surface area contributed by atoms with Gasteiger partial charge in [-0.3, -0.25) is 0 Å². The molecule has 0 aromatic heterocycles. The van der Waals surface area contributed by atoms with Gasteiger partial charge in [-0.2, -0.15) is 0 Å². The van der Waals surface area contributed by atoms with Crippen LogP contribution in [0.15, 0.2) is 10.1 Å². The van der Waals surface area contributed by atoms with Crippen LogP contribution in [0.5, 0.6) is 0 Å². The van der Waals surface area contributed by atoms with Gasteiger partial charge in [0.2, 0.25) is 0 Å². The van der Waals surface area contributed by atoms with E-state index in [0.717, 1.165) is 0 Å². The second kappa shape index (κ2) is 10.7. The summed E-state index contributed by atoms with van der Waals surface area (Å²) in [6.45, 7) is 6.81. The van der Waals surface area contributed by atoms with E-state index in [1.807, 2.05) is 0 Å². The average molecular weight is 275 g/mol. The molecule has 0 aliphatic heterocycles. The summed E-state index contributed by atoms with van der Waals surface area (Å²) >= 11 is 3.79. The molecule has 0 radical (unpaired) electrons. The Kier molecular flexibility index (Phi) is 10.9. The fourth-order valence-corrected chi connectivity index (χ4v) is 2.36. The molecule has 0 bridgehead atoms. The van der Waals surface area contributed by atoms with Gasteiger partial charge in [-0.15, -0.1) is 0 Å². The van der Waals surface area contributed by atoms with Crippen molar-refractivity contribution >= 4 is 15.9 Å². The van der Waals surface area contributed by atoms with Gasteiger partial charge in [-0.05, 0) is 43.0 Å². The van der Waals surface area contributed by atoms with E-state index in [4.69, 9.17) is 0 Å². The molecular formula is C14H27Br. The van der Waals surface area contributed by atoms with E-state index in [9.17, 15) is 0 Å². The maximum absolute atomic E-state index is 3.79. The van der Waals surface area contributed by atoms with Crippen LogP contribution < -0.4 is 0 Å². The Morgan fingerprint density at radius 1 is 0.733 bits per heavy atom. The van der Waals surface area contributed by atoms with Crippen LogP contribution >= 0.6 is 15.9 Å². The van der Waals surface area contributed by atoms with Crippen LogP contribution in [-0.4, -0.2) is 0 Å². The third-order valence-electron chi connectivity index (χ3n) is 2.80. The highest BCUT2D eigenvalue weighted by atomic mass is 79.9. The first-order valence-electron chi connectivity index (χ1n) is 6.62. The summed E-state index contributed by atoms with van der Waals surface area (Å²) < 4.78 is 1.51. The highest BCUT2D eigenvalue weighted by molar-refractivity contribution is 9.11. The smallest absolute Gasteiger partial charge is 0.00573 e. The lowest BCUT2D eigenvalue weighted by Crippen LogP contribution is -1.89. The van der Waals surface area contributed by atoms with Crippen molar-refractivity contribution in [1.82, 2.24) is 0 Å². The summed E-state index contributed by atoms with van der Waals surface area (Å²) in [4.78, 5) is 0. The van der Waals surface area contributed by atoms with E-state index in [-0.39, 0.29) is 0 Å². The molecule has 1 heteroatoms. The minimum absolute atomic E-state index is 1.25. The normalized spacial score (nSPS) is 10.4. The molecule has 0 aromatic rings. The van der Waals surface area contributed by atoms with Gasteiger partial charge in [0, 0.05) is 0 Å². The lowest BCUT2D eigenvalue weighted by molar-refractivity contribution is 0.699. The molecular weight excluding hydrogens is 248 g/mol. The Hall–Kier alpha value is 0.220. The number of rotatable bonds is 9. The highest BCUT2D eigenvalue weighted by Gasteiger charge is 2.03. The van der Waals surface area contributed by atoms with Crippen LogP contribution in [0.1, 0.15) is 78.6 Å². The Morgan fingerprint density at radius 2 is 1.13 bits per heavy atom. The first-order valence-corrected chi connectivity index (χ1v) is 7.41. The van der Waals surface area contributed by atoms with Gasteiger partial charge in [0.1, 0.15) is 0 Å². The predicted octanol–water partition coefficient (Wildman–Crippen LogP) is 6.21. The van der Waals surface area contributed by atoms with E-state index < -0.39 is 0 Å². The number of hydrogen-bond donors (Lipinski definition) is 0. The lowest BCUT2D eigenvalue weighted by atomic mass is 10.0. The summed E-state index contributed by atoms with van der Waals surface area (Å²) in [6, 6.07) is 0. The molecule has 0 spiro atoms. The molecule has 0 N–H and O–H groups in total. The maximum atomic E-state index is 3.79. The quantitative estimate of drug-likeness (QED) is 0.469. The van der Waals surface area contributed by atoms with Crippen LogP contribution in [0.3, 0.4) is 0 Å². The van der Waals surface area contributed by atoms with E-state index in [1.54, 1.807) is 5.57 Å². The molecule has 0 atom stereocenters. The summed E-state index contributed by atoms with van der Waals surface area (Å²) in [6.07, 6.45) is 11.8. The molecule has 0 fully saturated rings. The van der Waals surface area contributed by atoms with Gasteiger partial charge in [-0.1, -0.05) is 61.5 Å². The molecule has 0 rings (SSSR count). The van der Waals surface area contributed by atoms with Crippen molar-refractivity contribution < 1.29 is 0 Å². The van der Waals surface area contributed by atoms with Crippen molar-refractivity contribution in [3.05, 3.63) is 10.1 Å². The summed E-state index contributed by atoms with van der Waals surface area (Å²) in [5, 5.41) is 0. The van der Waals surface area contributed by atoms with Gasteiger partial charge in [0.05, 0.1) is 0 Å².